The molecule has 0 aliphatic carbocycles. The van der Waals surface area contributed by atoms with Crippen molar-refractivity contribution in [2.75, 3.05) is 11.1 Å². The number of carboxylic acids is 1. The number of rotatable bonds is 6. The van der Waals surface area contributed by atoms with Gasteiger partial charge < -0.3 is 16.2 Å². The van der Waals surface area contributed by atoms with Crippen LogP contribution in [0, 0.1) is 0 Å². The van der Waals surface area contributed by atoms with Crippen LogP contribution in [-0.4, -0.2) is 19.5 Å². The minimum absolute atomic E-state index is 0.0167. The SMILES string of the molecule is C/C(=C(/Nc1ccccc1C(=O)O)c1cc(-c2ccc(S)cc2)ccc1N)[SH](=O)=O. The monoisotopic (exact) mass is 440 g/mol. The lowest BCUT2D eigenvalue weighted by Gasteiger charge is -2.17. The summed E-state index contributed by atoms with van der Waals surface area (Å²) in [6.07, 6.45) is 0. The number of carbonyl (C=O) groups is 1. The summed E-state index contributed by atoms with van der Waals surface area (Å²) in [6.45, 7) is 1.44. The lowest BCUT2D eigenvalue weighted by molar-refractivity contribution is 0.0698. The smallest absolute Gasteiger partial charge is 0.337 e. The molecule has 0 aromatic heterocycles. The number of carboxylic acid groups (broad SMARTS) is 1. The van der Waals surface area contributed by atoms with Crippen LogP contribution in [0.5, 0.6) is 0 Å². The molecule has 154 valence electrons. The molecule has 4 N–H and O–H groups in total. The zero-order chi connectivity index (χ0) is 21.8. The van der Waals surface area contributed by atoms with E-state index in [4.69, 9.17) is 5.73 Å². The number of aromatic carboxylic acids is 1. The van der Waals surface area contributed by atoms with Crippen molar-refractivity contribution in [2.45, 2.75) is 11.8 Å². The van der Waals surface area contributed by atoms with Gasteiger partial charge in [-0.15, -0.1) is 12.6 Å². The first-order valence-electron chi connectivity index (χ1n) is 8.92. The second kappa shape index (κ2) is 9.06. The van der Waals surface area contributed by atoms with E-state index in [0.29, 0.717) is 11.3 Å². The molecular weight excluding hydrogens is 420 g/mol. The highest BCUT2D eigenvalue weighted by Crippen LogP contribution is 2.32. The van der Waals surface area contributed by atoms with E-state index < -0.39 is 16.7 Å². The molecule has 0 radical (unpaired) electrons. The molecule has 0 amide bonds. The van der Waals surface area contributed by atoms with Crippen molar-refractivity contribution >= 4 is 46.4 Å². The van der Waals surface area contributed by atoms with E-state index in [0.717, 1.165) is 16.0 Å². The molecule has 30 heavy (non-hydrogen) atoms. The zero-order valence-corrected chi connectivity index (χ0v) is 17.8. The van der Waals surface area contributed by atoms with Crippen LogP contribution in [0.2, 0.25) is 0 Å². The zero-order valence-electron chi connectivity index (χ0n) is 16.0. The Morgan fingerprint density at radius 1 is 0.967 bits per heavy atom. The molecular formula is C22H20N2O4S2. The summed E-state index contributed by atoms with van der Waals surface area (Å²) in [6, 6.07) is 19.1. The fourth-order valence-corrected chi connectivity index (χ4v) is 3.47. The van der Waals surface area contributed by atoms with Gasteiger partial charge in [-0.1, -0.05) is 30.3 Å². The number of benzene rings is 3. The van der Waals surface area contributed by atoms with Gasteiger partial charge in [0.25, 0.3) is 0 Å². The van der Waals surface area contributed by atoms with Crippen LogP contribution < -0.4 is 11.1 Å². The maximum atomic E-state index is 11.8. The van der Waals surface area contributed by atoms with E-state index in [-0.39, 0.29) is 21.9 Å². The van der Waals surface area contributed by atoms with Crippen molar-refractivity contribution in [3.05, 3.63) is 82.8 Å². The average molecular weight is 441 g/mol. The fourth-order valence-electron chi connectivity index (χ4n) is 2.96. The van der Waals surface area contributed by atoms with Gasteiger partial charge in [0.05, 0.1) is 21.9 Å². The lowest BCUT2D eigenvalue weighted by atomic mass is 9.99. The summed E-state index contributed by atoms with van der Waals surface area (Å²) in [5, 5.41) is 12.4. The number of thiol groups is 2. The standard InChI is InChI=1S/C22H20N2O4S2/c1-13(30(27)28)21(24-20-5-3-2-4-17(20)22(25)26)18-12-15(8-11-19(18)23)14-6-9-16(29)10-7-14/h2-12,24,29-30H,23H2,1H3,(H,25,26)/b21-13-. The van der Waals surface area contributed by atoms with E-state index >= 15 is 0 Å². The first-order valence-corrected chi connectivity index (χ1v) is 10.5. The van der Waals surface area contributed by atoms with Crippen LogP contribution in [-0.2, 0) is 10.7 Å². The third-order valence-electron chi connectivity index (χ3n) is 4.58. The highest BCUT2D eigenvalue weighted by atomic mass is 32.2. The quantitative estimate of drug-likeness (QED) is 0.288. The van der Waals surface area contributed by atoms with Gasteiger partial charge in [0.2, 0.25) is 0 Å². The van der Waals surface area contributed by atoms with Gasteiger partial charge in [0, 0.05) is 16.1 Å². The highest BCUT2D eigenvalue weighted by molar-refractivity contribution is 7.80. The minimum atomic E-state index is -2.92. The Hall–Kier alpha value is -3.23. The van der Waals surface area contributed by atoms with Crippen LogP contribution in [0.15, 0.2) is 76.5 Å². The summed E-state index contributed by atoms with van der Waals surface area (Å²) < 4.78 is 23.6. The van der Waals surface area contributed by atoms with Crippen molar-refractivity contribution in [2.24, 2.45) is 0 Å². The number of nitrogen functional groups attached to an aromatic ring is 1. The van der Waals surface area contributed by atoms with Crippen molar-refractivity contribution in [1.29, 1.82) is 0 Å². The summed E-state index contributed by atoms with van der Waals surface area (Å²) in [4.78, 5) is 12.4. The molecule has 6 nitrogen and oxygen atoms in total. The van der Waals surface area contributed by atoms with Crippen molar-refractivity contribution in [3.63, 3.8) is 0 Å². The van der Waals surface area contributed by atoms with Crippen LogP contribution in [0.1, 0.15) is 22.8 Å². The van der Waals surface area contributed by atoms with E-state index in [1.807, 2.05) is 30.3 Å². The van der Waals surface area contributed by atoms with Crippen LogP contribution in [0.4, 0.5) is 11.4 Å². The van der Waals surface area contributed by atoms with Crippen molar-refractivity contribution in [1.82, 2.24) is 0 Å². The molecule has 3 rings (SSSR count). The van der Waals surface area contributed by atoms with Gasteiger partial charge in [0.1, 0.15) is 0 Å². The third-order valence-corrected chi connectivity index (χ3v) is 5.65. The van der Waals surface area contributed by atoms with Gasteiger partial charge in [-0.05, 0) is 54.4 Å². The molecule has 0 bridgehead atoms. The Morgan fingerprint density at radius 3 is 2.23 bits per heavy atom. The van der Waals surface area contributed by atoms with Crippen LogP contribution >= 0.6 is 12.6 Å². The molecule has 0 atom stereocenters. The highest BCUT2D eigenvalue weighted by Gasteiger charge is 2.17. The molecule has 3 aromatic carbocycles. The Balaban J connectivity index is 2.17. The van der Waals surface area contributed by atoms with Crippen LogP contribution in [0.3, 0.4) is 0 Å². The lowest BCUT2D eigenvalue weighted by Crippen LogP contribution is -2.09. The molecule has 0 aliphatic heterocycles. The third kappa shape index (κ3) is 4.67. The van der Waals surface area contributed by atoms with Gasteiger partial charge in [-0.25, -0.2) is 13.2 Å². The first-order chi connectivity index (χ1) is 14.3. The second-order valence-electron chi connectivity index (χ2n) is 6.54. The van der Waals surface area contributed by atoms with E-state index in [2.05, 4.69) is 17.9 Å². The minimum Gasteiger partial charge on any atom is -0.478 e. The number of hydrogen-bond acceptors (Lipinski definition) is 6. The Labute approximate surface area is 181 Å². The predicted octanol–water partition coefficient (Wildman–Crippen LogP) is 4.33. The Bertz CT molecular complexity index is 1210. The second-order valence-corrected chi connectivity index (χ2v) is 8.24. The first kappa shape index (κ1) is 21.5. The molecule has 0 aliphatic rings. The summed E-state index contributed by atoms with van der Waals surface area (Å²) in [5.41, 5.74) is 9.24. The largest absolute Gasteiger partial charge is 0.478 e. The average Bonchev–Trinajstić information content (AvgIpc) is 2.73. The molecule has 0 saturated heterocycles. The number of hydrogen-bond donors (Lipinski definition) is 5. The molecule has 0 fully saturated rings. The summed E-state index contributed by atoms with van der Waals surface area (Å²) in [5.74, 6) is -1.13. The summed E-state index contributed by atoms with van der Waals surface area (Å²) in [7, 11) is -2.92. The van der Waals surface area contributed by atoms with Gasteiger partial charge in [-0.2, -0.15) is 0 Å². The van der Waals surface area contributed by atoms with Crippen LogP contribution in [0.25, 0.3) is 16.8 Å². The summed E-state index contributed by atoms with van der Waals surface area (Å²) >= 11 is 4.29. The normalized spacial score (nSPS) is 11.8. The van der Waals surface area contributed by atoms with Crippen molar-refractivity contribution < 1.29 is 18.3 Å². The maximum Gasteiger partial charge on any atom is 0.337 e. The Kier molecular flexibility index (Phi) is 6.49. The van der Waals surface area contributed by atoms with E-state index in [1.54, 1.807) is 30.3 Å². The predicted molar refractivity (Wildman–Crippen MR) is 123 cm³/mol. The van der Waals surface area contributed by atoms with Gasteiger partial charge in [0.15, 0.2) is 10.7 Å². The van der Waals surface area contributed by atoms with E-state index in [9.17, 15) is 18.3 Å². The Morgan fingerprint density at radius 2 is 1.60 bits per heavy atom. The van der Waals surface area contributed by atoms with E-state index in [1.165, 1.54) is 13.0 Å². The number of nitrogens with one attached hydrogen (secondary N) is 1. The molecule has 8 heteroatoms. The number of para-hydroxylation sites is 1. The number of allylic oxidation sites excluding steroid dienone is 1. The molecule has 0 heterocycles. The van der Waals surface area contributed by atoms with Gasteiger partial charge in [-0.3, -0.25) is 0 Å². The fraction of sp³-hybridized carbons (Fsp3) is 0.0455. The van der Waals surface area contributed by atoms with Crippen molar-refractivity contribution in [3.8, 4) is 11.1 Å². The maximum absolute atomic E-state index is 11.8. The number of nitrogens with two attached hydrogens (primary N) is 1. The molecule has 0 spiro atoms. The molecule has 0 unspecified atom stereocenters. The molecule has 3 aromatic rings. The number of anilines is 2. The topological polar surface area (TPSA) is 109 Å². The molecule has 0 saturated carbocycles. The van der Waals surface area contributed by atoms with Gasteiger partial charge >= 0.3 is 5.97 Å².